The molecule has 50 valence electrons. The third-order valence-electron chi connectivity index (χ3n) is 2.31. The Morgan fingerprint density at radius 2 is 2.33 bits per heavy atom. The first kappa shape index (κ1) is 5.78. The van der Waals surface area contributed by atoms with Gasteiger partial charge in [0.2, 0.25) is 0 Å². The maximum atomic E-state index is 4.45. The molecule has 1 nitrogen and oxygen atoms in total. The molecule has 0 spiro atoms. The summed E-state index contributed by atoms with van der Waals surface area (Å²) in [5.41, 5.74) is 0. The van der Waals surface area contributed by atoms with E-state index in [1.54, 1.807) is 0 Å². The minimum atomic E-state index is 0.554. The molecule has 2 heteroatoms. The largest absolute Gasteiger partial charge is 0.293 e. The van der Waals surface area contributed by atoms with E-state index in [1.807, 2.05) is 0 Å². The first-order chi connectivity index (χ1) is 4.36. The molecule has 3 atom stereocenters. The van der Waals surface area contributed by atoms with E-state index in [0.717, 1.165) is 5.92 Å². The lowest BCUT2D eigenvalue weighted by atomic mass is 9.83. The van der Waals surface area contributed by atoms with Crippen LogP contribution in [0.25, 0.3) is 0 Å². The standard InChI is InChI=1S/C7H11NS/c9-7-3-5-1-2-6(7)8-4-5/h4-7,9H,1-3H2/t5-,6-,7?/m1/s1. The van der Waals surface area contributed by atoms with E-state index in [4.69, 9.17) is 0 Å². The summed E-state index contributed by atoms with van der Waals surface area (Å²) >= 11 is 4.45. The molecular formula is C7H11NS. The zero-order valence-corrected chi connectivity index (χ0v) is 6.22. The van der Waals surface area contributed by atoms with Crippen molar-refractivity contribution in [1.82, 2.24) is 0 Å². The maximum absolute atomic E-state index is 4.45. The van der Waals surface area contributed by atoms with E-state index in [2.05, 4.69) is 23.8 Å². The van der Waals surface area contributed by atoms with E-state index in [1.165, 1.54) is 19.3 Å². The van der Waals surface area contributed by atoms with Crippen LogP contribution in [0.15, 0.2) is 4.99 Å². The molecule has 3 rings (SSSR count). The highest BCUT2D eigenvalue weighted by Gasteiger charge is 2.30. The fourth-order valence-electron chi connectivity index (χ4n) is 1.70. The maximum Gasteiger partial charge on any atom is 0.0612 e. The molecule has 3 aliphatic rings. The predicted molar refractivity (Wildman–Crippen MR) is 42.4 cm³/mol. The molecule has 2 heterocycles. The van der Waals surface area contributed by atoms with Crippen molar-refractivity contribution in [2.24, 2.45) is 10.9 Å². The second-order valence-corrected chi connectivity index (χ2v) is 3.67. The smallest absolute Gasteiger partial charge is 0.0612 e. The van der Waals surface area contributed by atoms with Crippen LogP contribution in [0.1, 0.15) is 19.3 Å². The molecule has 9 heavy (non-hydrogen) atoms. The molecule has 0 saturated heterocycles. The van der Waals surface area contributed by atoms with Gasteiger partial charge < -0.3 is 0 Å². The Morgan fingerprint density at radius 3 is 2.56 bits per heavy atom. The molecule has 0 aromatic carbocycles. The zero-order valence-electron chi connectivity index (χ0n) is 5.33. The summed E-state index contributed by atoms with van der Waals surface area (Å²) < 4.78 is 0. The summed E-state index contributed by atoms with van der Waals surface area (Å²) in [7, 11) is 0. The Balaban J connectivity index is 2.20. The number of aliphatic imine (C=N–C) groups is 1. The average Bonchev–Trinajstić information content (AvgIpc) is 1.90. The van der Waals surface area contributed by atoms with E-state index >= 15 is 0 Å². The topological polar surface area (TPSA) is 12.4 Å². The number of fused-ring (bicyclic) bond motifs is 2. The Kier molecular flexibility index (Phi) is 1.29. The minimum Gasteiger partial charge on any atom is -0.293 e. The lowest BCUT2D eigenvalue weighted by Crippen LogP contribution is -2.34. The van der Waals surface area contributed by atoms with Crippen molar-refractivity contribution in [3.8, 4) is 0 Å². The van der Waals surface area contributed by atoms with Crippen molar-refractivity contribution >= 4 is 18.8 Å². The van der Waals surface area contributed by atoms with Crippen LogP contribution < -0.4 is 0 Å². The molecule has 1 fully saturated rings. The van der Waals surface area contributed by atoms with Crippen molar-refractivity contribution in [2.45, 2.75) is 30.6 Å². The van der Waals surface area contributed by atoms with Gasteiger partial charge in [-0.2, -0.15) is 12.6 Å². The van der Waals surface area contributed by atoms with E-state index in [-0.39, 0.29) is 0 Å². The normalized spacial score (nSPS) is 47.9. The van der Waals surface area contributed by atoms with Gasteiger partial charge in [0.1, 0.15) is 0 Å². The van der Waals surface area contributed by atoms with E-state index in [0.29, 0.717) is 11.3 Å². The Bertz CT molecular complexity index is 144. The van der Waals surface area contributed by atoms with Crippen LogP contribution in [0, 0.1) is 5.92 Å². The van der Waals surface area contributed by atoms with Gasteiger partial charge in [-0.05, 0) is 25.2 Å². The number of hydrogen-bond donors (Lipinski definition) is 1. The third-order valence-corrected chi connectivity index (χ3v) is 2.86. The van der Waals surface area contributed by atoms with Gasteiger partial charge in [-0.1, -0.05) is 0 Å². The zero-order chi connectivity index (χ0) is 6.27. The molecule has 0 radical (unpaired) electrons. The van der Waals surface area contributed by atoms with Crippen LogP contribution in [-0.4, -0.2) is 17.5 Å². The van der Waals surface area contributed by atoms with Crippen molar-refractivity contribution in [1.29, 1.82) is 0 Å². The van der Waals surface area contributed by atoms with Gasteiger partial charge in [0.15, 0.2) is 0 Å². The molecule has 0 N–H and O–H groups in total. The molecule has 1 saturated carbocycles. The molecule has 2 bridgehead atoms. The number of nitrogens with zero attached hydrogens (tertiary/aromatic N) is 1. The van der Waals surface area contributed by atoms with Crippen molar-refractivity contribution in [2.75, 3.05) is 0 Å². The minimum absolute atomic E-state index is 0.554. The SMILES string of the molecule is SC1C[C@@H]2C=N[C@@H]1CC2. The Labute approximate surface area is 61.0 Å². The summed E-state index contributed by atoms with van der Waals surface area (Å²) in [6, 6.07) is 0.554. The highest BCUT2D eigenvalue weighted by atomic mass is 32.1. The van der Waals surface area contributed by atoms with Gasteiger partial charge in [0, 0.05) is 11.5 Å². The van der Waals surface area contributed by atoms with Gasteiger partial charge >= 0.3 is 0 Å². The molecular weight excluding hydrogens is 130 g/mol. The first-order valence-electron chi connectivity index (χ1n) is 3.57. The fraction of sp³-hybridized carbons (Fsp3) is 0.857. The number of thiol groups is 1. The molecule has 1 aliphatic carbocycles. The summed E-state index contributed by atoms with van der Waals surface area (Å²) in [5.74, 6) is 0.762. The van der Waals surface area contributed by atoms with Crippen LogP contribution >= 0.6 is 12.6 Å². The van der Waals surface area contributed by atoms with E-state index < -0.39 is 0 Å². The van der Waals surface area contributed by atoms with Crippen molar-refractivity contribution in [3.63, 3.8) is 0 Å². The fourth-order valence-corrected chi connectivity index (χ4v) is 2.20. The number of rotatable bonds is 0. The highest BCUT2D eigenvalue weighted by Crippen LogP contribution is 2.32. The Morgan fingerprint density at radius 1 is 1.44 bits per heavy atom. The number of hydrogen-bond acceptors (Lipinski definition) is 2. The summed E-state index contributed by atoms with van der Waals surface area (Å²) in [4.78, 5) is 4.38. The molecule has 1 unspecified atom stereocenters. The van der Waals surface area contributed by atoms with Crippen molar-refractivity contribution in [3.05, 3.63) is 0 Å². The summed E-state index contributed by atoms with van der Waals surface area (Å²) in [6.45, 7) is 0. The average molecular weight is 141 g/mol. The van der Waals surface area contributed by atoms with Crippen molar-refractivity contribution < 1.29 is 0 Å². The molecule has 0 aromatic heterocycles. The summed E-state index contributed by atoms with van der Waals surface area (Å²) in [5, 5.41) is 0.564. The van der Waals surface area contributed by atoms with Crippen LogP contribution in [0.5, 0.6) is 0 Å². The second kappa shape index (κ2) is 2.01. The van der Waals surface area contributed by atoms with Crippen LogP contribution in [-0.2, 0) is 0 Å². The third kappa shape index (κ3) is 0.895. The van der Waals surface area contributed by atoms with Crippen LogP contribution in [0.3, 0.4) is 0 Å². The monoisotopic (exact) mass is 141 g/mol. The quantitative estimate of drug-likeness (QED) is 0.491. The van der Waals surface area contributed by atoms with Gasteiger partial charge in [0.05, 0.1) is 6.04 Å². The lowest BCUT2D eigenvalue weighted by molar-refractivity contribution is 0.383. The lowest BCUT2D eigenvalue weighted by Gasteiger charge is -2.34. The van der Waals surface area contributed by atoms with Crippen LogP contribution in [0.2, 0.25) is 0 Å². The van der Waals surface area contributed by atoms with Gasteiger partial charge in [0.25, 0.3) is 0 Å². The van der Waals surface area contributed by atoms with Gasteiger partial charge in [-0.15, -0.1) is 0 Å². The predicted octanol–water partition coefficient (Wildman–Crippen LogP) is 1.54. The molecule has 2 aliphatic heterocycles. The molecule has 0 aromatic rings. The van der Waals surface area contributed by atoms with E-state index in [9.17, 15) is 0 Å². The van der Waals surface area contributed by atoms with Gasteiger partial charge in [-0.3, -0.25) is 4.99 Å². The van der Waals surface area contributed by atoms with Gasteiger partial charge in [-0.25, -0.2) is 0 Å². The van der Waals surface area contributed by atoms with Crippen LogP contribution in [0.4, 0.5) is 0 Å². The first-order valence-corrected chi connectivity index (χ1v) is 4.09. The Hall–Kier alpha value is 0.0200. The second-order valence-electron chi connectivity index (χ2n) is 3.01. The summed E-state index contributed by atoms with van der Waals surface area (Å²) in [6.07, 6.45) is 6.01. The highest BCUT2D eigenvalue weighted by molar-refractivity contribution is 7.81. The molecule has 0 amide bonds.